The molecule has 0 bridgehead atoms. The van der Waals surface area contributed by atoms with Crippen LogP contribution < -0.4 is 4.74 Å². The monoisotopic (exact) mass is 487 g/mol. The van der Waals surface area contributed by atoms with Crippen molar-refractivity contribution in [3.63, 3.8) is 0 Å². The average molecular weight is 488 g/mol. The first-order chi connectivity index (χ1) is 18.1. The number of aromatic amines is 1. The Kier molecular flexibility index (Phi) is 6.90. The van der Waals surface area contributed by atoms with Crippen LogP contribution in [0, 0.1) is 0 Å². The number of carbonyl (C=O) groups is 1. The third kappa shape index (κ3) is 5.49. The number of carboxylic acid groups (broad SMARTS) is 1. The molecule has 5 aromatic rings. The van der Waals surface area contributed by atoms with Crippen molar-refractivity contribution in [2.45, 2.75) is 13.3 Å². The van der Waals surface area contributed by atoms with Gasteiger partial charge in [0.2, 0.25) is 5.88 Å². The van der Waals surface area contributed by atoms with Gasteiger partial charge in [0, 0.05) is 23.7 Å². The number of hydrogen-bond acceptors (Lipinski definition) is 4. The van der Waals surface area contributed by atoms with Crippen molar-refractivity contribution in [1.82, 2.24) is 15.2 Å². The minimum absolute atomic E-state index is 0.549. The summed E-state index contributed by atoms with van der Waals surface area (Å²) in [6, 6.07) is 27.8. The number of ether oxygens (including phenoxy) is 1. The van der Waals surface area contributed by atoms with Gasteiger partial charge in [-0.15, -0.1) is 0 Å². The lowest BCUT2D eigenvalue weighted by atomic mass is 9.87. The lowest BCUT2D eigenvalue weighted by molar-refractivity contribution is -0.131. The minimum Gasteiger partial charge on any atom is -0.478 e. The smallest absolute Gasteiger partial charge is 0.328 e. The average Bonchev–Trinajstić information content (AvgIpc) is 3.40. The van der Waals surface area contributed by atoms with Crippen LogP contribution in [0.1, 0.15) is 35.6 Å². The highest BCUT2D eigenvalue weighted by Gasteiger charge is 2.14. The Bertz CT molecular complexity index is 1580. The molecule has 0 saturated heterocycles. The summed E-state index contributed by atoms with van der Waals surface area (Å²) in [7, 11) is 0. The number of nitrogens with zero attached hydrogens (tertiary/aromatic N) is 2. The van der Waals surface area contributed by atoms with Gasteiger partial charge in [-0.25, -0.2) is 9.78 Å². The van der Waals surface area contributed by atoms with E-state index in [1.165, 1.54) is 5.57 Å². The van der Waals surface area contributed by atoms with Gasteiger partial charge >= 0.3 is 5.97 Å². The van der Waals surface area contributed by atoms with E-state index in [1.54, 1.807) is 12.3 Å². The lowest BCUT2D eigenvalue weighted by Gasteiger charge is -2.17. The SMILES string of the molecule is CCC(=C(c1ccc(C=CC(=O)O)cc1)c1ccc2[nH]ncc2c1)c1ccc(Oc2ccccn2)cc1. The largest absolute Gasteiger partial charge is 0.478 e. The molecule has 182 valence electrons. The molecule has 3 aromatic carbocycles. The van der Waals surface area contributed by atoms with Crippen LogP contribution in [-0.2, 0) is 4.79 Å². The van der Waals surface area contributed by atoms with Crippen LogP contribution in [0.2, 0.25) is 0 Å². The van der Waals surface area contributed by atoms with E-state index in [1.807, 2.05) is 66.9 Å². The number of hydrogen-bond donors (Lipinski definition) is 2. The Morgan fingerprint density at radius 3 is 2.41 bits per heavy atom. The van der Waals surface area contributed by atoms with Crippen LogP contribution in [0.4, 0.5) is 0 Å². The van der Waals surface area contributed by atoms with Crippen LogP contribution >= 0.6 is 0 Å². The summed E-state index contributed by atoms with van der Waals surface area (Å²) in [6.07, 6.45) is 7.07. The van der Waals surface area contributed by atoms with Crippen molar-refractivity contribution in [1.29, 1.82) is 0 Å². The Labute approximate surface area is 214 Å². The topological polar surface area (TPSA) is 88.1 Å². The first kappa shape index (κ1) is 23.8. The summed E-state index contributed by atoms with van der Waals surface area (Å²) in [4.78, 5) is 15.1. The molecule has 6 nitrogen and oxygen atoms in total. The number of aromatic nitrogens is 3. The van der Waals surface area contributed by atoms with E-state index in [0.29, 0.717) is 11.6 Å². The van der Waals surface area contributed by atoms with E-state index in [0.717, 1.165) is 51.2 Å². The molecule has 0 atom stereocenters. The van der Waals surface area contributed by atoms with Gasteiger partial charge in [0.15, 0.2) is 0 Å². The number of aliphatic carboxylic acids is 1. The number of pyridine rings is 1. The first-order valence-corrected chi connectivity index (χ1v) is 12.0. The molecule has 2 N–H and O–H groups in total. The first-order valence-electron chi connectivity index (χ1n) is 12.0. The van der Waals surface area contributed by atoms with Crippen molar-refractivity contribution in [2.24, 2.45) is 0 Å². The fourth-order valence-electron chi connectivity index (χ4n) is 4.32. The van der Waals surface area contributed by atoms with Crippen LogP contribution in [0.25, 0.3) is 28.1 Å². The molecular formula is C31H25N3O3. The summed E-state index contributed by atoms with van der Waals surface area (Å²) in [5, 5.41) is 17.2. The number of fused-ring (bicyclic) bond motifs is 1. The van der Waals surface area contributed by atoms with E-state index in [2.05, 4.69) is 46.4 Å². The number of nitrogens with one attached hydrogen (secondary N) is 1. The van der Waals surface area contributed by atoms with E-state index in [4.69, 9.17) is 9.84 Å². The maximum absolute atomic E-state index is 10.9. The molecule has 0 fully saturated rings. The lowest BCUT2D eigenvalue weighted by Crippen LogP contribution is -1.96. The predicted octanol–water partition coefficient (Wildman–Crippen LogP) is 7.22. The summed E-state index contributed by atoms with van der Waals surface area (Å²) < 4.78 is 5.88. The van der Waals surface area contributed by atoms with E-state index in [9.17, 15) is 4.79 Å². The standard InChI is InChI=1S/C31H25N3O3/c1-2-27(22-11-14-26(15-12-22)37-29-5-3-4-18-32-29)31(24-13-16-28-25(19-24)20-33-34-28)23-9-6-21(7-10-23)8-17-30(35)36/h3-20H,2H2,1H3,(H,33,34)(H,35,36). The van der Waals surface area contributed by atoms with Crippen molar-refractivity contribution < 1.29 is 14.6 Å². The highest BCUT2D eigenvalue weighted by Crippen LogP contribution is 2.36. The van der Waals surface area contributed by atoms with Gasteiger partial charge in [0.05, 0.1) is 11.7 Å². The molecule has 0 spiro atoms. The minimum atomic E-state index is -0.971. The van der Waals surface area contributed by atoms with Crippen LogP contribution in [0.15, 0.2) is 103 Å². The highest BCUT2D eigenvalue weighted by molar-refractivity contribution is 6.00. The molecule has 0 unspecified atom stereocenters. The predicted molar refractivity (Wildman–Crippen MR) is 146 cm³/mol. The molecule has 0 amide bonds. The van der Waals surface area contributed by atoms with Gasteiger partial charge in [-0.05, 0) is 76.2 Å². The fourth-order valence-corrected chi connectivity index (χ4v) is 4.32. The third-order valence-corrected chi connectivity index (χ3v) is 6.06. The van der Waals surface area contributed by atoms with Gasteiger partial charge in [-0.2, -0.15) is 5.10 Å². The second-order valence-electron chi connectivity index (χ2n) is 8.47. The molecule has 0 aliphatic rings. The van der Waals surface area contributed by atoms with Crippen LogP contribution in [0.3, 0.4) is 0 Å². The zero-order chi connectivity index (χ0) is 25.6. The molecule has 2 heterocycles. The van der Waals surface area contributed by atoms with Gasteiger partial charge in [-0.3, -0.25) is 5.10 Å². The highest BCUT2D eigenvalue weighted by atomic mass is 16.5. The summed E-state index contributed by atoms with van der Waals surface area (Å²) in [5.74, 6) is 0.295. The second-order valence-corrected chi connectivity index (χ2v) is 8.47. The maximum Gasteiger partial charge on any atom is 0.328 e. The van der Waals surface area contributed by atoms with Crippen LogP contribution in [-0.4, -0.2) is 26.3 Å². The molecular weight excluding hydrogens is 462 g/mol. The number of rotatable bonds is 8. The number of allylic oxidation sites excluding steroid dienone is 1. The normalized spacial score (nSPS) is 12.0. The van der Waals surface area contributed by atoms with Crippen molar-refractivity contribution in [3.8, 4) is 11.6 Å². The molecule has 0 saturated carbocycles. The molecule has 37 heavy (non-hydrogen) atoms. The zero-order valence-electron chi connectivity index (χ0n) is 20.3. The number of carboxylic acids is 1. The van der Waals surface area contributed by atoms with Gasteiger partial charge in [-0.1, -0.05) is 55.5 Å². The van der Waals surface area contributed by atoms with Crippen molar-refractivity contribution in [2.75, 3.05) is 0 Å². The number of H-pyrrole nitrogens is 1. The summed E-state index contributed by atoms with van der Waals surface area (Å²) >= 11 is 0. The Hall–Kier alpha value is -4.97. The molecule has 2 aromatic heterocycles. The summed E-state index contributed by atoms with van der Waals surface area (Å²) in [6.45, 7) is 2.15. The fraction of sp³-hybridized carbons (Fsp3) is 0.0645. The second kappa shape index (κ2) is 10.7. The van der Waals surface area contributed by atoms with Gasteiger partial charge < -0.3 is 9.84 Å². The third-order valence-electron chi connectivity index (χ3n) is 6.06. The van der Waals surface area contributed by atoms with Crippen molar-refractivity contribution >= 4 is 34.1 Å². The van der Waals surface area contributed by atoms with Gasteiger partial charge in [0.1, 0.15) is 5.75 Å². The number of benzene rings is 3. The zero-order valence-corrected chi connectivity index (χ0v) is 20.3. The Balaban J connectivity index is 1.58. The summed E-state index contributed by atoms with van der Waals surface area (Å²) in [5.41, 5.74) is 7.30. The Morgan fingerprint density at radius 1 is 0.946 bits per heavy atom. The maximum atomic E-state index is 10.9. The van der Waals surface area contributed by atoms with E-state index >= 15 is 0 Å². The van der Waals surface area contributed by atoms with Crippen molar-refractivity contribution in [3.05, 3.63) is 126 Å². The molecule has 0 radical (unpaired) electrons. The molecule has 6 heteroatoms. The quantitative estimate of drug-likeness (QED) is 0.178. The molecule has 0 aliphatic heterocycles. The molecule has 0 aliphatic carbocycles. The van der Waals surface area contributed by atoms with Crippen LogP contribution in [0.5, 0.6) is 11.6 Å². The van der Waals surface area contributed by atoms with E-state index in [-0.39, 0.29) is 0 Å². The Morgan fingerprint density at radius 2 is 1.70 bits per heavy atom. The molecule has 5 rings (SSSR count). The van der Waals surface area contributed by atoms with E-state index < -0.39 is 5.97 Å². The van der Waals surface area contributed by atoms with Gasteiger partial charge in [0.25, 0.3) is 0 Å².